The number of ether oxygens (including phenoxy) is 1. The van der Waals surface area contributed by atoms with Crippen LogP contribution < -0.4 is 0 Å². The number of allylic oxidation sites excluding steroid dienone is 2. The molecule has 0 aromatic carbocycles. The lowest BCUT2D eigenvalue weighted by molar-refractivity contribution is 0.0143. The molecule has 15 heavy (non-hydrogen) atoms. The maximum absolute atomic E-state index is 5.95. The molecule has 1 aliphatic heterocycles. The summed E-state index contributed by atoms with van der Waals surface area (Å²) in [6.07, 6.45) is 10.1. The molecule has 1 nitrogen and oxygen atoms in total. The summed E-state index contributed by atoms with van der Waals surface area (Å²) in [5.74, 6) is 3.18. The molecule has 82 valence electrons. The fourth-order valence-corrected chi connectivity index (χ4v) is 3.64. The first-order chi connectivity index (χ1) is 7.25. The highest BCUT2D eigenvalue weighted by molar-refractivity contribution is 5.18. The highest BCUT2D eigenvalue weighted by Crippen LogP contribution is 2.50. The van der Waals surface area contributed by atoms with E-state index in [0.29, 0.717) is 6.10 Å². The van der Waals surface area contributed by atoms with E-state index in [1.54, 1.807) is 0 Å². The molecule has 1 heteroatoms. The van der Waals surface area contributed by atoms with Crippen LogP contribution in [-0.4, -0.2) is 12.7 Å². The van der Waals surface area contributed by atoms with E-state index in [1.165, 1.54) is 12.0 Å². The maximum Gasteiger partial charge on any atom is 0.0795 e. The fraction of sp³-hybridized carbons (Fsp3) is 0.714. The fourth-order valence-electron chi connectivity index (χ4n) is 3.64. The zero-order valence-electron chi connectivity index (χ0n) is 9.65. The highest BCUT2D eigenvalue weighted by atomic mass is 16.5. The standard InChI is InChI=1S/C14H20O/c1-9-5-6-15-13(7-9)14-10(2)11-3-4-12(14)8-11/h3-4,7,10-14H,5-6,8H2,1-2H3. The molecule has 0 aromatic heterocycles. The molecule has 3 rings (SSSR count). The second-order valence-electron chi connectivity index (χ2n) is 5.48. The summed E-state index contributed by atoms with van der Waals surface area (Å²) in [7, 11) is 0. The van der Waals surface area contributed by atoms with Crippen molar-refractivity contribution < 1.29 is 4.74 Å². The Morgan fingerprint density at radius 2 is 2.07 bits per heavy atom. The van der Waals surface area contributed by atoms with Crippen molar-refractivity contribution in [2.24, 2.45) is 23.7 Å². The van der Waals surface area contributed by atoms with Crippen LogP contribution in [0.25, 0.3) is 0 Å². The van der Waals surface area contributed by atoms with Crippen LogP contribution in [0.15, 0.2) is 23.8 Å². The third-order valence-corrected chi connectivity index (χ3v) is 4.56. The van der Waals surface area contributed by atoms with Crippen molar-refractivity contribution in [1.29, 1.82) is 0 Å². The lowest BCUT2D eigenvalue weighted by atomic mass is 9.79. The second kappa shape index (κ2) is 3.48. The van der Waals surface area contributed by atoms with Gasteiger partial charge in [-0.05, 0) is 43.4 Å². The van der Waals surface area contributed by atoms with Crippen LogP contribution in [0.3, 0.4) is 0 Å². The molecule has 0 aromatic rings. The van der Waals surface area contributed by atoms with Crippen molar-refractivity contribution in [2.75, 3.05) is 6.61 Å². The Morgan fingerprint density at radius 1 is 1.27 bits per heavy atom. The topological polar surface area (TPSA) is 9.23 Å². The minimum absolute atomic E-state index is 0.397. The highest BCUT2D eigenvalue weighted by Gasteiger charge is 2.45. The smallest absolute Gasteiger partial charge is 0.0795 e. The zero-order chi connectivity index (χ0) is 10.4. The van der Waals surface area contributed by atoms with E-state index < -0.39 is 0 Å². The monoisotopic (exact) mass is 204 g/mol. The number of hydrogen-bond donors (Lipinski definition) is 0. The molecule has 0 amide bonds. The SMILES string of the molecule is CC1=CC(C2C3C=CC(C3)C2C)OCC1. The van der Waals surface area contributed by atoms with Crippen LogP contribution in [0.2, 0.25) is 0 Å². The van der Waals surface area contributed by atoms with Crippen molar-refractivity contribution in [1.82, 2.24) is 0 Å². The molecule has 1 saturated carbocycles. The van der Waals surface area contributed by atoms with Gasteiger partial charge >= 0.3 is 0 Å². The van der Waals surface area contributed by atoms with Gasteiger partial charge < -0.3 is 4.74 Å². The molecule has 0 radical (unpaired) electrons. The van der Waals surface area contributed by atoms with Crippen LogP contribution in [-0.2, 0) is 4.74 Å². The van der Waals surface area contributed by atoms with E-state index >= 15 is 0 Å². The summed E-state index contributed by atoms with van der Waals surface area (Å²) in [6.45, 7) is 5.57. The summed E-state index contributed by atoms with van der Waals surface area (Å²) < 4.78 is 5.95. The molecule has 1 fully saturated rings. The summed E-state index contributed by atoms with van der Waals surface area (Å²) in [5, 5.41) is 0. The van der Waals surface area contributed by atoms with E-state index in [9.17, 15) is 0 Å². The van der Waals surface area contributed by atoms with Gasteiger partial charge in [0.05, 0.1) is 12.7 Å². The zero-order valence-corrected chi connectivity index (χ0v) is 9.65. The molecule has 5 atom stereocenters. The van der Waals surface area contributed by atoms with Crippen LogP contribution in [0, 0.1) is 23.7 Å². The maximum atomic E-state index is 5.95. The molecule has 0 N–H and O–H groups in total. The largest absolute Gasteiger partial charge is 0.373 e. The van der Waals surface area contributed by atoms with Gasteiger partial charge in [0.15, 0.2) is 0 Å². The molecular weight excluding hydrogens is 184 g/mol. The van der Waals surface area contributed by atoms with E-state index in [2.05, 4.69) is 32.1 Å². The van der Waals surface area contributed by atoms with Gasteiger partial charge in [0.2, 0.25) is 0 Å². The van der Waals surface area contributed by atoms with Gasteiger partial charge in [0.25, 0.3) is 0 Å². The number of rotatable bonds is 1. The predicted octanol–water partition coefficient (Wildman–Crippen LogP) is 3.18. The van der Waals surface area contributed by atoms with Gasteiger partial charge in [0, 0.05) is 0 Å². The third kappa shape index (κ3) is 1.48. The lowest BCUT2D eigenvalue weighted by Gasteiger charge is -2.33. The lowest BCUT2D eigenvalue weighted by Crippen LogP contribution is -2.33. The van der Waals surface area contributed by atoms with Crippen molar-refractivity contribution in [3.8, 4) is 0 Å². The normalized spacial score (nSPS) is 48.4. The minimum Gasteiger partial charge on any atom is -0.373 e. The summed E-state index contributed by atoms with van der Waals surface area (Å²) in [5.41, 5.74) is 1.52. The first-order valence-electron chi connectivity index (χ1n) is 6.23. The predicted molar refractivity (Wildman–Crippen MR) is 61.5 cm³/mol. The van der Waals surface area contributed by atoms with Crippen molar-refractivity contribution in [2.45, 2.75) is 32.8 Å². The second-order valence-corrected chi connectivity index (χ2v) is 5.48. The van der Waals surface area contributed by atoms with Crippen molar-refractivity contribution in [3.63, 3.8) is 0 Å². The van der Waals surface area contributed by atoms with Crippen LogP contribution in [0.4, 0.5) is 0 Å². The van der Waals surface area contributed by atoms with Crippen LogP contribution >= 0.6 is 0 Å². The molecule has 2 aliphatic carbocycles. The van der Waals surface area contributed by atoms with E-state index in [1.807, 2.05) is 0 Å². The molecule has 2 bridgehead atoms. The average Bonchev–Trinajstić information content (AvgIpc) is 2.77. The molecule has 3 aliphatic rings. The molecule has 0 saturated heterocycles. The van der Waals surface area contributed by atoms with Crippen LogP contribution in [0.5, 0.6) is 0 Å². The summed E-state index contributed by atoms with van der Waals surface area (Å²) in [4.78, 5) is 0. The summed E-state index contributed by atoms with van der Waals surface area (Å²) in [6, 6.07) is 0. The number of hydrogen-bond acceptors (Lipinski definition) is 1. The van der Waals surface area contributed by atoms with Gasteiger partial charge in [0.1, 0.15) is 0 Å². The van der Waals surface area contributed by atoms with Crippen molar-refractivity contribution in [3.05, 3.63) is 23.8 Å². The van der Waals surface area contributed by atoms with Gasteiger partial charge in [-0.1, -0.05) is 30.7 Å². The first kappa shape index (κ1) is 9.65. The Kier molecular flexibility index (Phi) is 2.24. The van der Waals surface area contributed by atoms with Crippen LogP contribution in [0.1, 0.15) is 26.7 Å². The molecule has 1 heterocycles. The van der Waals surface area contributed by atoms with Gasteiger partial charge in [-0.2, -0.15) is 0 Å². The first-order valence-corrected chi connectivity index (χ1v) is 6.23. The van der Waals surface area contributed by atoms with E-state index in [-0.39, 0.29) is 0 Å². The Morgan fingerprint density at radius 3 is 2.73 bits per heavy atom. The number of fused-ring (bicyclic) bond motifs is 2. The van der Waals surface area contributed by atoms with Crippen molar-refractivity contribution >= 4 is 0 Å². The van der Waals surface area contributed by atoms with Gasteiger partial charge in [-0.15, -0.1) is 0 Å². The Bertz CT molecular complexity index is 315. The molecule has 0 spiro atoms. The Hall–Kier alpha value is -0.560. The summed E-state index contributed by atoms with van der Waals surface area (Å²) >= 11 is 0. The average molecular weight is 204 g/mol. The quantitative estimate of drug-likeness (QED) is 0.596. The van der Waals surface area contributed by atoms with E-state index in [0.717, 1.165) is 36.7 Å². The molecular formula is C14H20O. The van der Waals surface area contributed by atoms with Gasteiger partial charge in [-0.3, -0.25) is 0 Å². The third-order valence-electron chi connectivity index (χ3n) is 4.56. The molecule has 5 unspecified atom stereocenters. The van der Waals surface area contributed by atoms with Gasteiger partial charge in [-0.25, -0.2) is 0 Å². The Labute approximate surface area is 92.2 Å². The van der Waals surface area contributed by atoms with E-state index in [4.69, 9.17) is 4.74 Å². The minimum atomic E-state index is 0.397. The Balaban J connectivity index is 1.83.